The molecule has 1 aliphatic rings. The van der Waals surface area contributed by atoms with Crippen LogP contribution in [0.3, 0.4) is 0 Å². The number of rotatable bonds is 34. The Kier molecular flexibility index (Phi) is 45.6. The summed E-state index contributed by atoms with van der Waals surface area (Å²) in [6.07, 6.45) is -11.7. The Morgan fingerprint density at radius 1 is 0.412 bits per heavy atom. The summed E-state index contributed by atoms with van der Waals surface area (Å²) in [6, 6.07) is -17.7. The molecular weight excluding hydrogens is 1560 g/mol. The molecule has 18 N–H and O–H groups in total. The minimum atomic E-state index is -2.01. The fourth-order valence-electron chi connectivity index (χ4n) is 11.1. The van der Waals surface area contributed by atoms with Gasteiger partial charge in [0.2, 0.25) is 65.0 Å². The van der Waals surface area contributed by atoms with Gasteiger partial charge in [-0.2, -0.15) is 0 Å². The van der Waals surface area contributed by atoms with E-state index in [4.69, 9.17) is 28.4 Å². The average Bonchev–Trinajstić information content (AvgIpc) is 1.35. The van der Waals surface area contributed by atoms with Crippen molar-refractivity contribution < 1.29 is 120 Å². The number of carbonyl (C=O) groups excluding carboxylic acids is 17. The Labute approximate surface area is 698 Å². The van der Waals surface area contributed by atoms with Gasteiger partial charge in [0.25, 0.3) is 0 Å². The van der Waals surface area contributed by atoms with Crippen molar-refractivity contribution in [3.63, 3.8) is 0 Å². The number of hydrogen-bond donors (Lipinski definition) is 18. The smallest absolute Gasteiger partial charge is 0.407 e. The van der Waals surface area contributed by atoms with Gasteiger partial charge in [-0.3, -0.25) is 57.5 Å². The van der Waals surface area contributed by atoms with Gasteiger partial charge in [-0.1, -0.05) is 41.0 Å². The summed E-state index contributed by atoms with van der Waals surface area (Å²) in [5.41, 5.74) is -5.01. The molecule has 0 aromatic carbocycles. The molecule has 0 aromatic heterocycles. The van der Waals surface area contributed by atoms with Crippen LogP contribution < -0.4 is 85.1 Å². The van der Waals surface area contributed by atoms with Crippen molar-refractivity contribution >= 4 is 101 Å². The molecule has 41 heteroatoms. The van der Waals surface area contributed by atoms with Crippen LogP contribution in [0.5, 0.6) is 0 Å². The minimum Gasteiger partial charge on any atom is -0.463 e. The highest BCUT2D eigenvalue weighted by Gasteiger charge is 2.39. The summed E-state index contributed by atoms with van der Waals surface area (Å²) < 4.78 is 32.2. The van der Waals surface area contributed by atoms with Crippen LogP contribution in [0.4, 0.5) is 24.0 Å². The monoisotopic (exact) mass is 1700 g/mol. The Bertz CT molecular complexity index is 3400. The lowest BCUT2D eigenvalue weighted by atomic mass is 9.99. The predicted molar refractivity (Wildman–Crippen MR) is 433 cm³/mol. The van der Waals surface area contributed by atoms with Gasteiger partial charge >= 0.3 is 36.4 Å². The molecule has 1 aliphatic heterocycles. The normalized spacial score (nSPS) is 20.1. The van der Waals surface area contributed by atoms with Crippen LogP contribution in [0.25, 0.3) is 0 Å². The Morgan fingerprint density at radius 3 is 1.11 bits per heavy atom. The molecule has 1 fully saturated rings. The van der Waals surface area contributed by atoms with Crippen molar-refractivity contribution in [2.45, 2.75) is 343 Å². The topological polar surface area (TPSA) is 579 Å². The van der Waals surface area contributed by atoms with E-state index in [1.54, 1.807) is 138 Å². The number of aliphatic hydroxyl groups excluding tert-OH is 2. The van der Waals surface area contributed by atoms with Crippen molar-refractivity contribution in [1.29, 1.82) is 0 Å². The van der Waals surface area contributed by atoms with E-state index >= 15 is 14.4 Å². The number of aliphatic hydroxyl groups is 2. The van der Waals surface area contributed by atoms with Crippen LogP contribution in [0.2, 0.25) is 0 Å². The maximum absolute atomic E-state index is 15.3. The van der Waals surface area contributed by atoms with Gasteiger partial charge in [0, 0.05) is 45.7 Å². The van der Waals surface area contributed by atoms with Gasteiger partial charge in [0.05, 0.1) is 24.7 Å². The van der Waals surface area contributed by atoms with Crippen LogP contribution in [0.1, 0.15) is 236 Å². The summed E-state index contributed by atoms with van der Waals surface area (Å²) in [5, 5.41) is 62.6. The SMILES string of the molecule is CCCC(C)OC(=O)CCC(=O)N[C@@H](CCNC(=O)OC(C)(C)C)C(=O)N[C@H](C(=O)N[C@@H](CCNC(=O)OC(C)(C)C)C(=O)N[C@H]1CCNC(=O)[C@H]([C@H](C)O)NC(=O)[C@H](CCNC(=O)OC(C)(C)C)NC(=O)[C@H](CCNC(=O)OC(C)(C)C)NC(=O)[C@H](CC(C)C)NC(=O)[C@@H](CC(C)C)NC(=O)[C@H](CCNC(=O)OC(C)(C)C)NC1=O)C(C)O. The van der Waals surface area contributed by atoms with E-state index in [0.717, 1.165) is 13.8 Å². The quantitative estimate of drug-likeness (QED) is 0.0319. The molecular formula is C78H138N16O25. The molecule has 0 aliphatic carbocycles. The van der Waals surface area contributed by atoms with E-state index in [1.165, 1.54) is 0 Å². The van der Waals surface area contributed by atoms with Gasteiger partial charge < -0.3 is 124 Å². The molecule has 13 atom stereocenters. The minimum absolute atomic E-state index is 0.111. The van der Waals surface area contributed by atoms with Crippen LogP contribution >= 0.6 is 0 Å². The number of esters is 1. The molecule has 0 radical (unpaired) electrons. The Balaban J connectivity index is 4.49. The third-order valence-electron chi connectivity index (χ3n) is 16.4. The van der Waals surface area contributed by atoms with Gasteiger partial charge in [0.15, 0.2) is 0 Å². The van der Waals surface area contributed by atoms with Crippen molar-refractivity contribution in [3.05, 3.63) is 0 Å². The molecule has 119 heavy (non-hydrogen) atoms. The molecule has 16 amide bonds. The predicted octanol–water partition coefficient (Wildman–Crippen LogP) is 1.29. The fourth-order valence-corrected chi connectivity index (χ4v) is 11.1. The van der Waals surface area contributed by atoms with Gasteiger partial charge in [-0.15, -0.1) is 0 Å². The number of nitrogens with one attached hydrogen (secondary N) is 16. The lowest BCUT2D eigenvalue weighted by molar-refractivity contribution is -0.149. The van der Waals surface area contributed by atoms with Crippen LogP contribution in [0.15, 0.2) is 0 Å². The average molecular weight is 1700 g/mol. The Morgan fingerprint density at radius 2 is 0.756 bits per heavy atom. The zero-order chi connectivity index (χ0) is 91.3. The molecule has 41 nitrogen and oxygen atoms in total. The summed E-state index contributed by atoms with van der Waals surface area (Å²) in [5.74, 6) is -13.7. The summed E-state index contributed by atoms with van der Waals surface area (Å²) in [7, 11) is 0. The highest BCUT2D eigenvalue weighted by Crippen LogP contribution is 2.16. The van der Waals surface area contributed by atoms with Gasteiger partial charge in [-0.05, 0) is 194 Å². The molecule has 0 saturated carbocycles. The molecule has 1 heterocycles. The number of alkyl carbamates (subject to hydrolysis) is 5. The van der Waals surface area contributed by atoms with Crippen LogP contribution in [-0.2, 0) is 86.0 Å². The van der Waals surface area contributed by atoms with Crippen molar-refractivity contribution in [2.75, 3.05) is 39.3 Å². The van der Waals surface area contributed by atoms with E-state index < -0.39 is 285 Å². The second-order valence-electron chi connectivity index (χ2n) is 35.0. The highest BCUT2D eigenvalue weighted by molar-refractivity contribution is 5.99. The maximum atomic E-state index is 15.3. The lowest BCUT2D eigenvalue weighted by Crippen LogP contribution is -2.62. The first-order chi connectivity index (χ1) is 54.8. The molecule has 2 unspecified atom stereocenters. The number of carbonyl (C=O) groups is 17. The largest absolute Gasteiger partial charge is 0.463 e. The fraction of sp³-hybridized carbons (Fsp3) is 0.782. The summed E-state index contributed by atoms with van der Waals surface area (Å²) in [6.45, 7) is 33.7. The second kappa shape index (κ2) is 50.7. The lowest BCUT2D eigenvalue weighted by Gasteiger charge is -2.29. The van der Waals surface area contributed by atoms with E-state index in [1.807, 2.05) is 6.92 Å². The second-order valence-corrected chi connectivity index (χ2v) is 35.0. The maximum Gasteiger partial charge on any atom is 0.407 e. The van der Waals surface area contributed by atoms with E-state index in [2.05, 4.69) is 85.1 Å². The van der Waals surface area contributed by atoms with Gasteiger partial charge in [-0.25, -0.2) is 24.0 Å². The number of amides is 16. The first-order valence-corrected chi connectivity index (χ1v) is 40.5. The molecule has 0 aromatic rings. The first kappa shape index (κ1) is 107. The molecule has 1 saturated heterocycles. The van der Waals surface area contributed by atoms with Crippen LogP contribution in [0, 0.1) is 11.8 Å². The van der Waals surface area contributed by atoms with E-state index in [-0.39, 0.29) is 38.3 Å². The molecule has 680 valence electrons. The Hall–Kier alpha value is -10.1. The third kappa shape index (κ3) is 47.9. The highest BCUT2D eigenvalue weighted by atomic mass is 16.6. The number of ether oxygens (including phenoxy) is 6. The standard InChI is InChI=1S/C78H138N16O25/c1-24-25-44(6)114-56(98)27-26-55(97)85-47(29-35-80-69(109)115-74(9,10)11)63(103)94-58(46(8)96)68(108)90-51(32-38-83-72(112)118-77(18,19)20)61(101)86-48-28-34-79-67(107)57(45(7)95)93-64(104)52(33-39-84-73(113)119-78(21,22)23)88-60(100)49(30-36-81-70(110)116-75(12,13)14)89-65(105)53(40-42(2)3)92-66(106)54(41-43(4)5)91-62(102)50(87-59(48)99)31-37-82-71(111)117-76(15,16)17/h42-54,57-58,95-96H,24-41H2,1-23H3,(H,79,107)(H,80,109)(H,81,110)(H,82,111)(H,83,112)(H,84,113)(H,85,97)(H,86,101)(H,87,99)(H,88,100)(H,89,105)(H,90,108)(H,91,102)(H,92,106)(H,93,104)(H,94,103)/t44?,45-,46?,47-,48-,49-,50-,51-,52-,53-,54+,57-,58-/m0/s1. The zero-order valence-corrected chi connectivity index (χ0v) is 73.7. The number of hydrogen-bond acceptors (Lipinski definition) is 25. The van der Waals surface area contributed by atoms with E-state index in [9.17, 15) is 77.3 Å². The van der Waals surface area contributed by atoms with Crippen molar-refractivity contribution in [1.82, 2.24) is 85.1 Å². The van der Waals surface area contributed by atoms with Crippen molar-refractivity contribution in [2.24, 2.45) is 11.8 Å². The van der Waals surface area contributed by atoms with Crippen LogP contribution in [-0.4, -0.2) is 258 Å². The zero-order valence-electron chi connectivity index (χ0n) is 73.7. The van der Waals surface area contributed by atoms with Crippen molar-refractivity contribution in [3.8, 4) is 0 Å². The molecule has 0 spiro atoms. The third-order valence-corrected chi connectivity index (χ3v) is 16.4. The summed E-state index contributed by atoms with van der Waals surface area (Å²) >= 11 is 0. The van der Waals surface area contributed by atoms with Gasteiger partial charge in [0.1, 0.15) is 88.4 Å². The summed E-state index contributed by atoms with van der Waals surface area (Å²) in [4.78, 5) is 239. The first-order valence-electron chi connectivity index (χ1n) is 40.5. The molecule has 0 bridgehead atoms. The van der Waals surface area contributed by atoms with E-state index in [0.29, 0.717) is 12.8 Å². The molecule has 1 rings (SSSR count).